The molecule has 1 saturated carbocycles. The summed E-state index contributed by atoms with van der Waals surface area (Å²) < 4.78 is 16.7. The number of hydrogen-bond acceptors (Lipinski definition) is 7. The summed E-state index contributed by atoms with van der Waals surface area (Å²) in [7, 11) is 1.54. The van der Waals surface area contributed by atoms with Crippen molar-refractivity contribution in [1.29, 1.82) is 0 Å². The van der Waals surface area contributed by atoms with Crippen molar-refractivity contribution in [2.24, 2.45) is 0 Å². The lowest BCUT2D eigenvalue weighted by atomic mass is 9.92. The maximum atomic E-state index is 13.0. The van der Waals surface area contributed by atoms with Crippen LogP contribution in [0.2, 0.25) is 0 Å². The van der Waals surface area contributed by atoms with Gasteiger partial charge in [0.15, 0.2) is 5.76 Å². The van der Waals surface area contributed by atoms with Gasteiger partial charge >= 0.3 is 0 Å². The van der Waals surface area contributed by atoms with Gasteiger partial charge in [-0.05, 0) is 43.9 Å². The molecule has 33 heavy (non-hydrogen) atoms. The first-order valence-electron chi connectivity index (χ1n) is 11.0. The maximum Gasteiger partial charge on any atom is 0.278 e. The maximum absolute atomic E-state index is 13.0. The normalized spacial score (nSPS) is 18.1. The van der Waals surface area contributed by atoms with E-state index in [4.69, 9.17) is 14.0 Å². The molecule has 2 heterocycles. The summed E-state index contributed by atoms with van der Waals surface area (Å²) in [5.41, 5.74) is 2.24. The summed E-state index contributed by atoms with van der Waals surface area (Å²) in [5, 5.41) is 8.11. The number of carbonyl (C=O) groups excluding carboxylic acids is 1. The first-order valence-corrected chi connectivity index (χ1v) is 11.0. The van der Waals surface area contributed by atoms with Crippen LogP contribution in [0.1, 0.15) is 36.0 Å². The number of fused-ring (bicyclic) bond motifs is 1. The molecule has 1 aliphatic rings. The van der Waals surface area contributed by atoms with E-state index in [1.54, 1.807) is 25.6 Å². The van der Waals surface area contributed by atoms with E-state index in [1.165, 1.54) is 0 Å². The molecule has 1 fully saturated rings. The molecule has 5 rings (SSSR count). The second kappa shape index (κ2) is 9.28. The Kier molecular flexibility index (Phi) is 5.89. The Labute approximate surface area is 190 Å². The number of nitrogens with zero attached hydrogens (tertiary/aromatic N) is 3. The molecule has 1 aliphatic carbocycles. The predicted octanol–water partition coefficient (Wildman–Crippen LogP) is 4.41. The molecule has 8 nitrogen and oxygen atoms in total. The standard InChI is InChI=1S/C25H24N4O4/c1-31-24-25(27-14-13-26-24)32-19-10-8-18(9-11-19)28-23(30)17-7-12-21-20(15-17)22(33-29-21)16-5-3-2-4-6-16/h2-7,12-15,18-19H,8-11H2,1H3,(H,28,30). The van der Waals surface area contributed by atoms with Crippen molar-refractivity contribution in [3.05, 3.63) is 66.5 Å². The van der Waals surface area contributed by atoms with E-state index >= 15 is 0 Å². The molecule has 168 valence electrons. The highest BCUT2D eigenvalue weighted by Crippen LogP contribution is 2.30. The highest BCUT2D eigenvalue weighted by Gasteiger charge is 2.25. The van der Waals surface area contributed by atoms with Crippen molar-refractivity contribution in [2.75, 3.05) is 7.11 Å². The molecular formula is C25H24N4O4. The van der Waals surface area contributed by atoms with E-state index in [1.807, 2.05) is 42.5 Å². The highest BCUT2D eigenvalue weighted by molar-refractivity contribution is 6.01. The number of rotatable bonds is 6. The van der Waals surface area contributed by atoms with E-state index < -0.39 is 0 Å². The summed E-state index contributed by atoms with van der Waals surface area (Å²) in [6.07, 6.45) is 6.44. The Balaban J connectivity index is 1.22. The Morgan fingerprint density at radius 1 is 1.00 bits per heavy atom. The zero-order valence-electron chi connectivity index (χ0n) is 18.2. The Hall–Kier alpha value is -3.94. The van der Waals surface area contributed by atoms with Gasteiger partial charge in [-0.25, -0.2) is 9.97 Å². The third kappa shape index (κ3) is 4.50. The van der Waals surface area contributed by atoms with Gasteiger partial charge in [-0.2, -0.15) is 0 Å². The molecule has 1 amide bonds. The lowest BCUT2D eigenvalue weighted by Gasteiger charge is -2.29. The average Bonchev–Trinajstić information content (AvgIpc) is 3.29. The van der Waals surface area contributed by atoms with Crippen LogP contribution in [0.15, 0.2) is 65.4 Å². The number of amides is 1. The Bertz CT molecular complexity index is 1250. The van der Waals surface area contributed by atoms with Crippen LogP contribution in [-0.4, -0.2) is 40.3 Å². The lowest BCUT2D eigenvalue weighted by Crippen LogP contribution is -2.39. The third-order valence-corrected chi connectivity index (χ3v) is 5.89. The van der Waals surface area contributed by atoms with Crippen LogP contribution in [0.3, 0.4) is 0 Å². The smallest absolute Gasteiger partial charge is 0.278 e. The van der Waals surface area contributed by atoms with Gasteiger partial charge in [-0.1, -0.05) is 35.5 Å². The van der Waals surface area contributed by atoms with Crippen LogP contribution in [0, 0.1) is 0 Å². The number of ether oxygens (including phenoxy) is 2. The molecular weight excluding hydrogens is 420 g/mol. The molecule has 2 aromatic carbocycles. The molecule has 0 unspecified atom stereocenters. The molecule has 8 heteroatoms. The van der Waals surface area contributed by atoms with Crippen LogP contribution >= 0.6 is 0 Å². The summed E-state index contributed by atoms with van der Waals surface area (Å²) in [6.45, 7) is 0. The van der Waals surface area contributed by atoms with Crippen molar-refractivity contribution >= 4 is 16.8 Å². The van der Waals surface area contributed by atoms with Gasteiger partial charge in [0.2, 0.25) is 0 Å². The average molecular weight is 444 g/mol. The Morgan fingerprint density at radius 2 is 1.76 bits per heavy atom. The van der Waals surface area contributed by atoms with Crippen molar-refractivity contribution in [1.82, 2.24) is 20.4 Å². The fraction of sp³-hybridized carbons (Fsp3) is 0.280. The summed E-state index contributed by atoms with van der Waals surface area (Å²) >= 11 is 0. The van der Waals surface area contributed by atoms with Gasteiger partial charge in [-0.15, -0.1) is 0 Å². The third-order valence-electron chi connectivity index (χ3n) is 5.89. The predicted molar refractivity (Wildman–Crippen MR) is 122 cm³/mol. The van der Waals surface area contributed by atoms with Gasteiger partial charge in [-0.3, -0.25) is 4.79 Å². The monoisotopic (exact) mass is 444 g/mol. The van der Waals surface area contributed by atoms with E-state index in [-0.39, 0.29) is 18.1 Å². The Morgan fingerprint density at radius 3 is 2.52 bits per heavy atom. The van der Waals surface area contributed by atoms with E-state index in [9.17, 15) is 4.79 Å². The number of nitrogens with one attached hydrogen (secondary N) is 1. The fourth-order valence-electron chi connectivity index (χ4n) is 4.17. The molecule has 0 aliphatic heterocycles. The zero-order chi connectivity index (χ0) is 22.6. The van der Waals surface area contributed by atoms with Crippen LogP contribution in [0.25, 0.3) is 22.2 Å². The van der Waals surface area contributed by atoms with Crippen molar-refractivity contribution in [2.45, 2.75) is 37.8 Å². The second-order valence-corrected chi connectivity index (χ2v) is 8.05. The van der Waals surface area contributed by atoms with Crippen LogP contribution < -0.4 is 14.8 Å². The highest BCUT2D eigenvalue weighted by atomic mass is 16.5. The second-order valence-electron chi connectivity index (χ2n) is 8.05. The molecule has 0 bridgehead atoms. The van der Waals surface area contributed by atoms with Crippen molar-refractivity contribution in [3.8, 4) is 23.1 Å². The van der Waals surface area contributed by atoms with Gasteiger partial charge in [0, 0.05) is 29.6 Å². The summed E-state index contributed by atoms with van der Waals surface area (Å²) in [4.78, 5) is 21.3. The van der Waals surface area contributed by atoms with Crippen LogP contribution in [0.4, 0.5) is 0 Å². The first-order chi connectivity index (χ1) is 16.2. The van der Waals surface area contributed by atoms with E-state index in [0.717, 1.165) is 42.1 Å². The zero-order valence-corrected chi connectivity index (χ0v) is 18.2. The minimum atomic E-state index is -0.0999. The number of methoxy groups -OCH3 is 1. The minimum Gasteiger partial charge on any atom is -0.477 e. The van der Waals surface area contributed by atoms with E-state index in [2.05, 4.69) is 20.4 Å². The van der Waals surface area contributed by atoms with Gasteiger partial charge < -0.3 is 19.3 Å². The SMILES string of the molecule is COc1nccnc1OC1CCC(NC(=O)c2ccc3noc(-c4ccccc4)c3c2)CC1. The topological polar surface area (TPSA) is 99.4 Å². The molecule has 1 N–H and O–H groups in total. The molecule has 0 spiro atoms. The van der Waals surface area contributed by atoms with Gasteiger partial charge in [0.1, 0.15) is 11.6 Å². The number of aromatic nitrogens is 3. The largest absolute Gasteiger partial charge is 0.477 e. The summed E-state index contributed by atoms with van der Waals surface area (Å²) in [6, 6.07) is 15.3. The molecule has 0 saturated heterocycles. The lowest BCUT2D eigenvalue weighted by molar-refractivity contribution is 0.0886. The molecule has 2 aromatic heterocycles. The number of benzene rings is 2. The molecule has 0 atom stereocenters. The summed E-state index contributed by atoms with van der Waals surface area (Å²) in [5.74, 6) is 1.35. The van der Waals surface area contributed by atoms with Crippen molar-refractivity contribution in [3.63, 3.8) is 0 Å². The number of hydrogen-bond donors (Lipinski definition) is 1. The quantitative estimate of drug-likeness (QED) is 0.470. The van der Waals surface area contributed by atoms with E-state index in [0.29, 0.717) is 23.1 Å². The molecule has 0 radical (unpaired) electrons. The van der Waals surface area contributed by atoms with Crippen LogP contribution in [-0.2, 0) is 0 Å². The minimum absolute atomic E-state index is 0.0190. The number of carbonyl (C=O) groups is 1. The van der Waals surface area contributed by atoms with Gasteiger partial charge in [0.25, 0.3) is 17.7 Å². The van der Waals surface area contributed by atoms with Crippen LogP contribution in [0.5, 0.6) is 11.8 Å². The first kappa shape index (κ1) is 20.9. The fourth-order valence-corrected chi connectivity index (χ4v) is 4.17. The molecule has 4 aromatic rings. The van der Waals surface area contributed by atoms with Crippen molar-refractivity contribution < 1.29 is 18.8 Å². The van der Waals surface area contributed by atoms with Gasteiger partial charge in [0.05, 0.1) is 12.5 Å².